The van der Waals surface area contributed by atoms with Crippen LogP contribution in [-0.4, -0.2) is 31.3 Å². The zero-order valence-electron chi connectivity index (χ0n) is 12.0. The third-order valence-electron chi connectivity index (χ3n) is 3.15. The summed E-state index contributed by atoms with van der Waals surface area (Å²) in [5, 5.41) is 3.26. The molecule has 1 aliphatic heterocycles. The van der Waals surface area contributed by atoms with Crippen molar-refractivity contribution in [2.45, 2.75) is 38.9 Å². The first kappa shape index (κ1) is 14.7. The van der Waals surface area contributed by atoms with Crippen LogP contribution in [0.5, 0.6) is 0 Å². The Labute approximate surface area is 119 Å². The molecule has 2 rings (SSSR count). The van der Waals surface area contributed by atoms with Crippen LogP contribution in [0.4, 0.5) is 11.4 Å². The van der Waals surface area contributed by atoms with E-state index in [-0.39, 0.29) is 18.2 Å². The molecule has 1 saturated heterocycles. The van der Waals surface area contributed by atoms with Gasteiger partial charge in [0.1, 0.15) is 0 Å². The number of nitrogens with one attached hydrogen (secondary N) is 1. The van der Waals surface area contributed by atoms with Gasteiger partial charge in [0.05, 0.1) is 17.8 Å². The molecule has 0 aliphatic carbocycles. The van der Waals surface area contributed by atoms with Crippen LogP contribution in [0.1, 0.15) is 37.0 Å². The van der Waals surface area contributed by atoms with Gasteiger partial charge in [-0.1, -0.05) is 0 Å². The lowest BCUT2D eigenvalue weighted by Crippen LogP contribution is -2.21. The summed E-state index contributed by atoms with van der Waals surface area (Å²) < 4.78 is 10.8. The van der Waals surface area contributed by atoms with E-state index in [1.54, 1.807) is 18.2 Å². The van der Waals surface area contributed by atoms with Crippen molar-refractivity contribution in [3.8, 4) is 0 Å². The minimum Gasteiger partial charge on any atom is -0.459 e. The number of carbonyl (C=O) groups is 1. The number of ether oxygens (including phenoxy) is 2. The van der Waals surface area contributed by atoms with Gasteiger partial charge in [-0.15, -0.1) is 0 Å². The standard InChI is InChI=1S/C15H22N2O3/c1-10(2)20-15(18)13-8-11(16)5-6-14(13)17-9-12-4-3-7-19-12/h5-6,8,10,12,17H,3-4,7,9,16H2,1-2H3/t12-/m1/s1. The Balaban J connectivity index is 2.08. The molecule has 0 aromatic heterocycles. The maximum atomic E-state index is 12.1. The van der Waals surface area contributed by atoms with Crippen LogP contribution in [0.15, 0.2) is 18.2 Å². The van der Waals surface area contributed by atoms with Crippen LogP contribution in [0.25, 0.3) is 0 Å². The van der Waals surface area contributed by atoms with Crippen molar-refractivity contribution in [3.05, 3.63) is 23.8 Å². The number of esters is 1. The first-order chi connectivity index (χ1) is 9.56. The minimum atomic E-state index is -0.359. The topological polar surface area (TPSA) is 73.6 Å². The maximum absolute atomic E-state index is 12.1. The van der Waals surface area contributed by atoms with Crippen LogP contribution in [0.3, 0.4) is 0 Å². The van der Waals surface area contributed by atoms with Gasteiger partial charge in [0.2, 0.25) is 0 Å². The Morgan fingerprint density at radius 2 is 2.35 bits per heavy atom. The lowest BCUT2D eigenvalue weighted by atomic mass is 10.1. The molecule has 1 atom stereocenters. The maximum Gasteiger partial charge on any atom is 0.340 e. The molecule has 110 valence electrons. The highest BCUT2D eigenvalue weighted by Crippen LogP contribution is 2.22. The Kier molecular flexibility index (Phi) is 4.84. The summed E-state index contributed by atoms with van der Waals surface area (Å²) in [6.07, 6.45) is 2.20. The summed E-state index contributed by atoms with van der Waals surface area (Å²) in [4.78, 5) is 12.1. The van der Waals surface area contributed by atoms with Gasteiger partial charge in [0, 0.05) is 24.5 Å². The molecule has 5 heteroatoms. The summed E-state index contributed by atoms with van der Waals surface area (Å²) in [6, 6.07) is 5.22. The first-order valence-electron chi connectivity index (χ1n) is 7.02. The zero-order valence-corrected chi connectivity index (χ0v) is 12.0. The summed E-state index contributed by atoms with van der Waals surface area (Å²) in [6.45, 7) is 5.15. The predicted molar refractivity (Wildman–Crippen MR) is 78.9 cm³/mol. The van der Waals surface area contributed by atoms with Gasteiger partial charge in [0.15, 0.2) is 0 Å². The normalized spacial score (nSPS) is 18.2. The Bertz CT molecular complexity index is 468. The summed E-state index contributed by atoms with van der Waals surface area (Å²) in [7, 11) is 0. The van der Waals surface area contributed by atoms with Crippen LogP contribution in [0.2, 0.25) is 0 Å². The lowest BCUT2D eigenvalue weighted by Gasteiger charge is -2.16. The average Bonchev–Trinajstić information content (AvgIpc) is 2.89. The van der Waals surface area contributed by atoms with E-state index in [2.05, 4.69) is 5.32 Å². The molecule has 1 heterocycles. The lowest BCUT2D eigenvalue weighted by molar-refractivity contribution is 0.0379. The second kappa shape index (κ2) is 6.61. The van der Waals surface area contributed by atoms with E-state index >= 15 is 0 Å². The van der Waals surface area contributed by atoms with Gasteiger partial charge in [-0.3, -0.25) is 0 Å². The van der Waals surface area contributed by atoms with Crippen molar-refractivity contribution >= 4 is 17.3 Å². The Morgan fingerprint density at radius 1 is 1.55 bits per heavy atom. The number of benzene rings is 1. The van der Waals surface area contributed by atoms with E-state index in [0.717, 1.165) is 25.1 Å². The first-order valence-corrected chi connectivity index (χ1v) is 7.02. The molecule has 0 bridgehead atoms. The third kappa shape index (κ3) is 3.87. The van der Waals surface area contributed by atoms with Gasteiger partial charge in [-0.25, -0.2) is 4.79 Å². The largest absolute Gasteiger partial charge is 0.459 e. The molecule has 0 radical (unpaired) electrons. The minimum absolute atomic E-state index is 0.157. The SMILES string of the molecule is CC(C)OC(=O)c1cc(N)ccc1NC[C@H]1CCCO1. The number of anilines is 2. The number of nitrogen functional groups attached to an aromatic ring is 1. The molecular formula is C15H22N2O3. The number of rotatable bonds is 5. The number of nitrogens with two attached hydrogens (primary N) is 1. The van der Waals surface area contributed by atoms with Crippen LogP contribution < -0.4 is 11.1 Å². The second-order valence-corrected chi connectivity index (χ2v) is 5.28. The smallest absolute Gasteiger partial charge is 0.340 e. The highest BCUT2D eigenvalue weighted by molar-refractivity contribution is 5.96. The number of carbonyl (C=O) groups excluding carboxylic acids is 1. The Morgan fingerprint density at radius 3 is 3.00 bits per heavy atom. The van der Waals surface area contributed by atoms with E-state index in [4.69, 9.17) is 15.2 Å². The zero-order chi connectivity index (χ0) is 14.5. The van der Waals surface area contributed by atoms with E-state index in [1.165, 1.54) is 0 Å². The predicted octanol–water partition coefficient (Wildman–Crippen LogP) is 2.42. The summed E-state index contributed by atoms with van der Waals surface area (Å²) in [5.74, 6) is -0.359. The molecule has 3 N–H and O–H groups in total. The second-order valence-electron chi connectivity index (χ2n) is 5.28. The molecule has 0 unspecified atom stereocenters. The van der Waals surface area contributed by atoms with Crippen molar-refractivity contribution < 1.29 is 14.3 Å². The summed E-state index contributed by atoms with van der Waals surface area (Å²) >= 11 is 0. The fraction of sp³-hybridized carbons (Fsp3) is 0.533. The van der Waals surface area contributed by atoms with Gasteiger partial charge >= 0.3 is 5.97 Å². The third-order valence-corrected chi connectivity index (χ3v) is 3.15. The monoisotopic (exact) mass is 278 g/mol. The van der Waals surface area contributed by atoms with Crippen LogP contribution in [-0.2, 0) is 9.47 Å². The van der Waals surface area contributed by atoms with Gasteiger partial charge in [-0.05, 0) is 44.9 Å². The molecule has 0 amide bonds. The van der Waals surface area contributed by atoms with Crippen LogP contribution in [0, 0.1) is 0 Å². The van der Waals surface area contributed by atoms with Crippen LogP contribution >= 0.6 is 0 Å². The highest BCUT2D eigenvalue weighted by atomic mass is 16.5. The Hall–Kier alpha value is -1.75. The molecule has 0 saturated carbocycles. The summed E-state index contributed by atoms with van der Waals surface area (Å²) in [5.41, 5.74) is 7.50. The molecule has 1 aromatic rings. The molecule has 20 heavy (non-hydrogen) atoms. The van der Waals surface area contributed by atoms with E-state index in [1.807, 2.05) is 13.8 Å². The molecule has 1 aliphatic rings. The molecule has 0 spiro atoms. The van der Waals surface area contributed by atoms with Crippen molar-refractivity contribution in [1.82, 2.24) is 0 Å². The van der Waals surface area contributed by atoms with Crippen molar-refractivity contribution in [1.29, 1.82) is 0 Å². The molecular weight excluding hydrogens is 256 g/mol. The number of hydrogen-bond acceptors (Lipinski definition) is 5. The van der Waals surface area contributed by atoms with E-state index in [9.17, 15) is 4.79 Å². The molecule has 5 nitrogen and oxygen atoms in total. The van der Waals surface area contributed by atoms with Crippen molar-refractivity contribution in [2.75, 3.05) is 24.2 Å². The average molecular weight is 278 g/mol. The van der Waals surface area contributed by atoms with E-state index in [0.29, 0.717) is 17.8 Å². The highest BCUT2D eigenvalue weighted by Gasteiger charge is 2.18. The molecule has 1 aromatic carbocycles. The van der Waals surface area contributed by atoms with E-state index < -0.39 is 0 Å². The van der Waals surface area contributed by atoms with Crippen molar-refractivity contribution in [3.63, 3.8) is 0 Å². The fourth-order valence-corrected chi connectivity index (χ4v) is 2.19. The van der Waals surface area contributed by atoms with Crippen molar-refractivity contribution in [2.24, 2.45) is 0 Å². The van der Waals surface area contributed by atoms with Gasteiger partial charge in [0.25, 0.3) is 0 Å². The quantitative estimate of drug-likeness (QED) is 0.639. The molecule has 1 fully saturated rings. The van der Waals surface area contributed by atoms with Gasteiger partial charge < -0.3 is 20.5 Å². The fourth-order valence-electron chi connectivity index (χ4n) is 2.19. The van der Waals surface area contributed by atoms with Gasteiger partial charge in [-0.2, -0.15) is 0 Å². The number of hydrogen-bond donors (Lipinski definition) is 2.